The highest BCUT2D eigenvalue weighted by atomic mass is 16.2. The molecule has 0 aliphatic rings. The first-order chi connectivity index (χ1) is 10.1. The molecule has 1 amide bonds. The van der Waals surface area contributed by atoms with Crippen molar-refractivity contribution in [3.8, 4) is 0 Å². The second kappa shape index (κ2) is 8.96. The Morgan fingerprint density at radius 1 is 1.24 bits per heavy atom. The Labute approximate surface area is 128 Å². The number of amides is 1. The van der Waals surface area contributed by atoms with Gasteiger partial charge in [0.05, 0.1) is 6.04 Å². The van der Waals surface area contributed by atoms with Crippen LogP contribution in [0.4, 0.5) is 0 Å². The summed E-state index contributed by atoms with van der Waals surface area (Å²) in [6, 6.07) is 10.1. The number of allylic oxidation sites excluding steroid dienone is 2. The predicted octanol–water partition coefficient (Wildman–Crippen LogP) is 4.36. The van der Waals surface area contributed by atoms with Crippen molar-refractivity contribution in [1.82, 2.24) is 4.90 Å². The van der Waals surface area contributed by atoms with Gasteiger partial charge in [-0.2, -0.15) is 0 Å². The number of hydrogen-bond acceptors (Lipinski definition) is 1. The van der Waals surface area contributed by atoms with Gasteiger partial charge in [0.2, 0.25) is 5.91 Å². The van der Waals surface area contributed by atoms with E-state index in [0.29, 0.717) is 12.5 Å². The zero-order valence-corrected chi connectivity index (χ0v) is 13.0. The molecule has 1 aromatic rings. The van der Waals surface area contributed by atoms with Crippen molar-refractivity contribution in [2.75, 3.05) is 0 Å². The molecular formula is C19H25NO. The average Bonchev–Trinajstić information content (AvgIpc) is 2.49. The van der Waals surface area contributed by atoms with E-state index >= 15 is 0 Å². The van der Waals surface area contributed by atoms with Crippen LogP contribution in [-0.4, -0.2) is 16.8 Å². The van der Waals surface area contributed by atoms with E-state index in [2.05, 4.69) is 27.0 Å². The van der Waals surface area contributed by atoms with Gasteiger partial charge >= 0.3 is 0 Å². The summed E-state index contributed by atoms with van der Waals surface area (Å²) in [7, 11) is 0. The molecule has 1 atom stereocenters. The van der Waals surface area contributed by atoms with Crippen LogP contribution in [0.1, 0.15) is 25.8 Å². The minimum atomic E-state index is -0.00990. The molecule has 0 fully saturated rings. The summed E-state index contributed by atoms with van der Waals surface area (Å²) in [4.78, 5) is 14.3. The third kappa shape index (κ3) is 5.82. The Morgan fingerprint density at radius 3 is 2.43 bits per heavy atom. The third-order valence-electron chi connectivity index (χ3n) is 3.24. The Balaban J connectivity index is 2.97. The number of nitrogens with zero attached hydrogens (tertiary/aromatic N) is 1. The summed E-state index contributed by atoms with van der Waals surface area (Å²) in [5.41, 5.74) is 1.12. The third-order valence-corrected chi connectivity index (χ3v) is 3.24. The number of rotatable bonds is 8. The van der Waals surface area contributed by atoms with E-state index in [-0.39, 0.29) is 11.9 Å². The lowest BCUT2D eigenvalue weighted by molar-refractivity contribution is -0.128. The zero-order chi connectivity index (χ0) is 15.7. The van der Waals surface area contributed by atoms with Crippen molar-refractivity contribution in [2.24, 2.45) is 5.92 Å². The smallest absolute Gasteiger partial charge is 0.247 e. The minimum absolute atomic E-state index is 0.00990. The Kier molecular flexibility index (Phi) is 7.24. The summed E-state index contributed by atoms with van der Waals surface area (Å²) in [6.45, 7) is 12.4. The van der Waals surface area contributed by atoms with E-state index in [1.165, 1.54) is 0 Å². The molecule has 0 aromatic heterocycles. The van der Waals surface area contributed by atoms with E-state index < -0.39 is 0 Å². The van der Waals surface area contributed by atoms with Gasteiger partial charge in [-0.25, -0.2) is 0 Å². The van der Waals surface area contributed by atoms with E-state index in [9.17, 15) is 4.79 Å². The normalized spacial score (nSPS) is 12.3. The van der Waals surface area contributed by atoms with E-state index in [4.69, 9.17) is 0 Å². The summed E-state index contributed by atoms with van der Waals surface area (Å²) in [5.74, 6) is 0.492. The van der Waals surface area contributed by atoms with Crippen LogP contribution < -0.4 is 0 Å². The number of hydrogen-bond donors (Lipinski definition) is 0. The summed E-state index contributed by atoms with van der Waals surface area (Å²) >= 11 is 0. The molecule has 2 nitrogen and oxygen atoms in total. The Bertz CT molecular complexity index is 488. The van der Waals surface area contributed by atoms with Gasteiger partial charge in [-0.05, 0) is 17.9 Å². The molecule has 0 radical (unpaired) electrons. The average molecular weight is 283 g/mol. The lowest BCUT2D eigenvalue weighted by atomic mass is 10.0. The van der Waals surface area contributed by atoms with E-state index in [1.54, 1.807) is 18.2 Å². The van der Waals surface area contributed by atoms with Crippen molar-refractivity contribution in [1.29, 1.82) is 0 Å². The van der Waals surface area contributed by atoms with E-state index in [0.717, 1.165) is 12.0 Å². The highest BCUT2D eigenvalue weighted by Crippen LogP contribution is 2.17. The van der Waals surface area contributed by atoms with Gasteiger partial charge in [0, 0.05) is 12.6 Å². The second-order valence-corrected chi connectivity index (χ2v) is 5.48. The fourth-order valence-corrected chi connectivity index (χ4v) is 2.22. The van der Waals surface area contributed by atoms with Gasteiger partial charge in [0.1, 0.15) is 0 Å². The summed E-state index contributed by atoms with van der Waals surface area (Å²) in [6.07, 6.45) is 7.62. The van der Waals surface area contributed by atoms with Crippen LogP contribution in [0.15, 0.2) is 67.8 Å². The molecule has 0 aliphatic heterocycles. The van der Waals surface area contributed by atoms with Gasteiger partial charge < -0.3 is 4.90 Å². The highest BCUT2D eigenvalue weighted by molar-refractivity contribution is 5.88. The minimum Gasteiger partial charge on any atom is -0.328 e. The summed E-state index contributed by atoms with van der Waals surface area (Å²) in [5, 5.41) is 0. The Morgan fingerprint density at radius 2 is 1.90 bits per heavy atom. The molecule has 1 aromatic carbocycles. The lowest BCUT2D eigenvalue weighted by Crippen LogP contribution is -2.38. The quantitative estimate of drug-likeness (QED) is 0.394. The monoisotopic (exact) mass is 283 g/mol. The fourth-order valence-electron chi connectivity index (χ4n) is 2.22. The summed E-state index contributed by atoms with van der Waals surface area (Å²) < 4.78 is 0. The molecule has 0 saturated carbocycles. The lowest BCUT2D eigenvalue weighted by Gasteiger charge is -2.30. The molecule has 2 heteroatoms. The van der Waals surface area contributed by atoms with Gasteiger partial charge in [0.15, 0.2) is 0 Å². The van der Waals surface area contributed by atoms with Crippen LogP contribution in [0.25, 0.3) is 0 Å². The molecule has 1 unspecified atom stereocenters. The molecule has 0 bridgehead atoms. The first-order valence-electron chi connectivity index (χ1n) is 7.34. The van der Waals surface area contributed by atoms with Crippen LogP contribution in [-0.2, 0) is 11.3 Å². The molecular weight excluding hydrogens is 258 g/mol. The maximum atomic E-state index is 12.4. The van der Waals surface area contributed by atoms with Crippen LogP contribution in [0.5, 0.6) is 0 Å². The van der Waals surface area contributed by atoms with Crippen molar-refractivity contribution in [3.05, 3.63) is 73.4 Å². The largest absolute Gasteiger partial charge is 0.328 e. The number of carbonyl (C=O) groups is 1. The van der Waals surface area contributed by atoms with Crippen molar-refractivity contribution >= 4 is 5.91 Å². The molecule has 0 heterocycles. The predicted molar refractivity (Wildman–Crippen MR) is 89.8 cm³/mol. The SMILES string of the molecule is C=C/C=C/C(=O)N(Cc1ccccc1)C(C=C)CC(C)C. The van der Waals surface area contributed by atoms with Crippen LogP contribution in [0.2, 0.25) is 0 Å². The van der Waals surface area contributed by atoms with Crippen molar-refractivity contribution in [3.63, 3.8) is 0 Å². The standard InChI is InChI=1S/C19H25NO/c1-5-7-13-19(21)20(18(6-2)14-16(3)4)15-17-11-9-8-10-12-17/h5-13,16,18H,1-2,14-15H2,3-4H3/b13-7+. The van der Waals surface area contributed by atoms with Crippen molar-refractivity contribution in [2.45, 2.75) is 32.9 Å². The molecule has 21 heavy (non-hydrogen) atoms. The topological polar surface area (TPSA) is 20.3 Å². The maximum absolute atomic E-state index is 12.4. The van der Waals surface area contributed by atoms with Gasteiger partial charge in [-0.15, -0.1) is 6.58 Å². The number of benzene rings is 1. The highest BCUT2D eigenvalue weighted by Gasteiger charge is 2.20. The first-order valence-corrected chi connectivity index (χ1v) is 7.34. The fraction of sp³-hybridized carbons (Fsp3) is 0.316. The van der Waals surface area contributed by atoms with Crippen LogP contribution in [0, 0.1) is 5.92 Å². The molecule has 0 spiro atoms. The van der Waals surface area contributed by atoms with Gasteiger partial charge in [-0.1, -0.05) is 69.0 Å². The zero-order valence-electron chi connectivity index (χ0n) is 13.0. The molecule has 0 saturated heterocycles. The molecule has 0 aliphatic carbocycles. The molecule has 112 valence electrons. The van der Waals surface area contributed by atoms with E-state index in [1.807, 2.05) is 41.3 Å². The second-order valence-electron chi connectivity index (χ2n) is 5.48. The van der Waals surface area contributed by atoms with Crippen molar-refractivity contribution < 1.29 is 4.79 Å². The van der Waals surface area contributed by atoms with Gasteiger partial charge in [0.25, 0.3) is 0 Å². The molecule has 1 rings (SSSR count). The van der Waals surface area contributed by atoms with Crippen LogP contribution in [0.3, 0.4) is 0 Å². The maximum Gasteiger partial charge on any atom is 0.247 e. The first kappa shape index (κ1) is 17.0. The van der Waals surface area contributed by atoms with Crippen LogP contribution >= 0.6 is 0 Å². The number of carbonyl (C=O) groups excluding carboxylic acids is 1. The van der Waals surface area contributed by atoms with Gasteiger partial charge in [-0.3, -0.25) is 4.79 Å². The molecule has 0 N–H and O–H groups in total. The Hall–Kier alpha value is -2.09.